The highest BCUT2D eigenvalue weighted by molar-refractivity contribution is 6.02. The van der Waals surface area contributed by atoms with Crippen molar-refractivity contribution in [2.24, 2.45) is 0 Å². The molecule has 106 valence electrons. The van der Waals surface area contributed by atoms with Crippen molar-refractivity contribution in [2.45, 2.75) is 6.54 Å². The van der Waals surface area contributed by atoms with Crippen molar-refractivity contribution in [1.82, 2.24) is 4.57 Å². The average Bonchev–Trinajstić information content (AvgIpc) is 2.44. The van der Waals surface area contributed by atoms with E-state index in [-0.39, 0.29) is 30.9 Å². The summed E-state index contributed by atoms with van der Waals surface area (Å²) in [6.45, 7) is 0.712. The molecule has 0 saturated heterocycles. The van der Waals surface area contributed by atoms with Crippen LogP contribution in [-0.4, -0.2) is 40.6 Å². The molecule has 0 radical (unpaired) electrons. The Morgan fingerprint density at radius 2 is 2.00 bits per heavy atom. The fraction of sp³-hybridized carbons (Fsp3) is 0.286. The van der Waals surface area contributed by atoms with E-state index >= 15 is 0 Å². The number of carboxylic acids is 1. The van der Waals surface area contributed by atoms with Gasteiger partial charge in [0.1, 0.15) is 0 Å². The quantitative estimate of drug-likeness (QED) is 0.759. The molecular weight excluding hydrogens is 262 g/mol. The summed E-state index contributed by atoms with van der Waals surface area (Å²) < 4.78 is 6.61. The summed E-state index contributed by atoms with van der Waals surface area (Å²) in [6.07, 6.45) is 0. The summed E-state index contributed by atoms with van der Waals surface area (Å²) in [4.78, 5) is 23.2. The molecule has 1 heterocycles. The Morgan fingerprint density at radius 1 is 1.25 bits per heavy atom. The van der Waals surface area contributed by atoms with Crippen LogP contribution in [0.4, 0.5) is 0 Å². The highest BCUT2D eigenvalue weighted by Crippen LogP contribution is 2.16. The smallest absolute Gasteiger partial charge is 0.336 e. The first-order valence-electron chi connectivity index (χ1n) is 6.19. The number of carboxylic acid groups (broad SMARTS) is 1. The highest BCUT2D eigenvalue weighted by atomic mass is 16.5. The largest absolute Gasteiger partial charge is 0.478 e. The van der Waals surface area contributed by atoms with Crippen LogP contribution >= 0.6 is 0 Å². The van der Waals surface area contributed by atoms with Crippen LogP contribution in [0, 0.1) is 0 Å². The molecule has 2 aromatic rings. The van der Waals surface area contributed by atoms with Gasteiger partial charge in [-0.2, -0.15) is 0 Å². The van der Waals surface area contributed by atoms with Gasteiger partial charge < -0.3 is 19.5 Å². The number of pyridine rings is 1. The number of fused-ring (bicyclic) bond motifs is 1. The van der Waals surface area contributed by atoms with Crippen LogP contribution in [0.3, 0.4) is 0 Å². The SMILES string of the molecule is O=C(O)c1cc(=O)n(CCOCCO)c2ccccc12. The van der Waals surface area contributed by atoms with E-state index in [4.69, 9.17) is 14.9 Å². The third kappa shape index (κ3) is 2.87. The first-order valence-corrected chi connectivity index (χ1v) is 6.19. The number of nitrogens with zero attached hydrogens (tertiary/aromatic N) is 1. The van der Waals surface area contributed by atoms with Crippen LogP contribution < -0.4 is 5.56 Å². The fourth-order valence-electron chi connectivity index (χ4n) is 2.06. The molecule has 2 N–H and O–H groups in total. The minimum Gasteiger partial charge on any atom is -0.478 e. The maximum absolute atomic E-state index is 12.0. The van der Waals surface area contributed by atoms with Crippen LogP contribution in [0.2, 0.25) is 0 Å². The number of benzene rings is 1. The number of ether oxygens (including phenoxy) is 1. The molecule has 20 heavy (non-hydrogen) atoms. The number of carbonyl (C=O) groups is 1. The Bertz CT molecular complexity index is 677. The number of aromatic nitrogens is 1. The van der Waals surface area contributed by atoms with Crippen LogP contribution in [0.1, 0.15) is 10.4 Å². The molecule has 0 unspecified atom stereocenters. The number of rotatable bonds is 6. The van der Waals surface area contributed by atoms with Gasteiger partial charge in [-0.05, 0) is 6.07 Å². The second-order valence-electron chi connectivity index (χ2n) is 4.21. The minimum absolute atomic E-state index is 0.00173. The predicted molar refractivity (Wildman–Crippen MR) is 73.1 cm³/mol. The van der Waals surface area contributed by atoms with Crippen molar-refractivity contribution >= 4 is 16.9 Å². The lowest BCUT2D eigenvalue weighted by atomic mass is 10.1. The zero-order valence-corrected chi connectivity index (χ0v) is 10.8. The van der Waals surface area contributed by atoms with E-state index < -0.39 is 5.97 Å². The maximum Gasteiger partial charge on any atom is 0.336 e. The number of aliphatic hydroxyl groups is 1. The minimum atomic E-state index is -1.12. The Hall–Kier alpha value is -2.18. The zero-order valence-electron chi connectivity index (χ0n) is 10.8. The normalized spacial score (nSPS) is 10.8. The molecule has 6 heteroatoms. The fourth-order valence-corrected chi connectivity index (χ4v) is 2.06. The Balaban J connectivity index is 2.45. The Morgan fingerprint density at radius 3 is 2.70 bits per heavy atom. The molecule has 0 fully saturated rings. The summed E-state index contributed by atoms with van der Waals surface area (Å²) in [5, 5.41) is 18.3. The first kappa shape index (κ1) is 14.2. The van der Waals surface area contributed by atoms with Crippen LogP contribution in [-0.2, 0) is 11.3 Å². The van der Waals surface area contributed by atoms with Crippen molar-refractivity contribution in [3.8, 4) is 0 Å². The Labute approximate surface area is 114 Å². The molecule has 0 aliphatic carbocycles. The molecule has 0 saturated carbocycles. The molecule has 0 amide bonds. The van der Waals surface area contributed by atoms with Crippen LogP contribution in [0.5, 0.6) is 0 Å². The number of para-hydroxylation sites is 1. The third-order valence-corrected chi connectivity index (χ3v) is 2.94. The van der Waals surface area contributed by atoms with Crippen LogP contribution in [0.15, 0.2) is 35.1 Å². The van der Waals surface area contributed by atoms with Gasteiger partial charge >= 0.3 is 5.97 Å². The number of hydrogen-bond acceptors (Lipinski definition) is 4. The topological polar surface area (TPSA) is 88.8 Å². The van der Waals surface area contributed by atoms with Gasteiger partial charge in [-0.15, -0.1) is 0 Å². The lowest BCUT2D eigenvalue weighted by molar-refractivity contribution is 0.0698. The molecule has 1 aromatic heterocycles. The van der Waals surface area contributed by atoms with Crippen LogP contribution in [0.25, 0.3) is 10.9 Å². The van der Waals surface area contributed by atoms with Crippen molar-refractivity contribution in [3.05, 3.63) is 46.2 Å². The maximum atomic E-state index is 12.0. The summed E-state index contributed by atoms with van der Waals surface area (Å²) in [7, 11) is 0. The molecular formula is C14H15NO5. The van der Waals surface area contributed by atoms with Gasteiger partial charge in [-0.25, -0.2) is 4.79 Å². The number of aliphatic hydroxyl groups excluding tert-OH is 1. The second-order valence-corrected chi connectivity index (χ2v) is 4.21. The first-order chi connectivity index (χ1) is 9.65. The van der Waals surface area contributed by atoms with Gasteiger partial charge in [-0.3, -0.25) is 4.79 Å². The van der Waals surface area contributed by atoms with E-state index in [0.29, 0.717) is 17.4 Å². The summed E-state index contributed by atoms with van der Waals surface area (Å²) >= 11 is 0. The zero-order chi connectivity index (χ0) is 14.5. The average molecular weight is 277 g/mol. The molecule has 2 rings (SSSR count). The van der Waals surface area contributed by atoms with Gasteiger partial charge in [0, 0.05) is 18.0 Å². The van der Waals surface area contributed by atoms with Crippen molar-refractivity contribution in [2.75, 3.05) is 19.8 Å². The Kier molecular flexibility index (Phi) is 4.49. The standard InChI is InChI=1S/C14H15NO5/c16-6-8-20-7-5-15-12-4-2-1-3-10(12)11(14(18)19)9-13(15)17/h1-4,9,16H,5-8H2,(H,18,19). The van der Waals surface area contributed by atoms with Gasteiger partial charge in [0.15, 0.2) is 0 Å². The molecule has 0 spiro atoms. The summed E-state index contributed by atoms with van der Waals surface area (Å²) in [5.41, 5.74) is 0.178. The van der Waals surface area contributed by atoms with Gasteiger partial charge in [0.05, 0.1) is 30.9 Å². The van der Waals surface area contributed by atoms with E-state index in [2.05, 4.69) is 0 Å². The molecule has 1 aromatic carbocycles. The molecule has 6 nitrogen and oxygen atoms in total. The molecule has 0 atom stereocenters. The third-order valence-electron chi connectivity index (χ3n) is 2.94. The van der Waals surface area contributed by atoms with E-state index in [1.54, 1.807) is 24.3 Å². The van der Waals surface area contributed by atoms with Crippen molar-refractivity contribution in [1.29, 1.82) is 0 Å². The highest BCUT2D eigenvalue weighted by Gasteiger charge is 2.13. The molecule has 0 aliphatic heterocycles. The van der Waals surface area contributed by atoms with E-state index in [1.165, 1.54) is 4.57 Å². The lowest BCUT2D eigenvalue weighted by Crippen LogP contribution is -2.24. The molecule has 0 bridgehead atoms. The monoisotopic (exact) mass is 277 g/mol. The van der Waals surface area contributed by atoms with E-state index in [1.807, 2.05) is 0 Å². The summed E-state index contributed by atoms with van der Waals surface area (Å²) in [5.74, 6) is -1.12. The van der Waals surface area contributed by atoms with Crippen molar-refractivity contribution < 1.29 is 19.7 Å². The van der Waals surface area contributed by atoms with E-state index in [0.717, 1.165) is 6.07 Å². The van der Waals surface area contributed by atoms with E-state index in [9.17, 15) is 9.59 Å². The number of aromatic carboxylic acids is 1. The van der Waals surface area contributed by atoms with Gasteiger partial charge in [0.25, 0.3) is 5.56 Å². The van der Waals surface area contributed by atoms with Crippen molar-refractivity contribution in [3.63, 3.8) is 0 Å². The number of hydrogen-bond donors (Lipinski definition) is 2. The van der Waals surface area contributed by atoms with Gasteiger partial charge in [0.2, 0.25) is 0 Å². The summed E-state index contributed by atoms with van der Waals surface area (Å²) in [6, 6.07) is 7.97. The predicted octanol–water partition coefficient (Wildman–Crippen LogP) is 0.709. The lowest BCUT2D eigenvalue weighted by Gasteiger charge is -2.11. The second kappa shape index (κ2) is 6.31. The van der Waals surface area contributed by atoms with Gasteiger partial charge in [-0.1, -0.05) is 18.2 Å². The molecule has 0 aliphatic rings.